The molecule has 7 heteroatoms. The maximum absolute atomic E-state index is 4.59. The average Bonchev–Trinajstić information content (AvgIpc) is 3.11. The van der Waals surface area contributed by atoms with E-state index in [0.29, 0.717) is 5.92 Å². The number of hydrogen-bond donors (Lipinski definition) is 0. The first-order valence-corrected chi connectivity index (χ1v) is 9.54. The topological polar surface area (TPSA) is 59.2 Å². The molecule has 0 bridgehead atoms. The Morgan fingerprint density at radius 2 is 1.92 bits per heavy atom. The van der Waals surface area contributed by atoms with Crippen molar-refractivity contribution in [1.82, 2.24) is 24.6 Å². The lowest BCUT2D eigenvalue weighted by Gasteiger charge is -2.33. The number of nitrogens with zero attached hydrogens (tertiary/aromatic N) is 6. The van der Waals surface area contributed by atoms with Crippen molar-refractivity contribution in [3.63, 3.8) is 0 Å². The van der Waals surface area contributed by atoms with Gasteiger partial charge in [0.2, 0.25) is 0 Å². The second-order valence-electron chi connectivity index (χ2n) is 6.60. The lowest BCUT2D eigenvalue weighted by Crippen LogP contribution is -2.33. The Morgan fingerprint density at radius 1 is 1.04 bits per heavy atom. The summed E-state index contributed by atoms with van der Waals surface area (Å²) in [5.41, 5.74) is 3.96. The number of pyridine rings is 3. The third-order valence-corrected chi connectivity index (χ3v) is 5.50. The van der Waals surface area contributed by atoms with Gasteiger partial charge in [0.1, 0.15) is 11.3 Å². The van der Waals surface area contributed by atoms with Crippen molar-refractivity contribution >= 4 is 38.3 Å². The summed E-state index contributed by atoms with van der Waals surface area (Å²) in [7, 11) is 0. The van der Waals surface area contributed by atoms with E-state index in [1.54, 1.807) is 0 Å². The maximum atomic E-state index is 4.59. The molecule has 6 nitrogen and oxygen atoms in total. The van der Waals surface area contributed by atoms with Crippen molar-refractivity contribution in [2.24, 2.45) is 0 Å². The van der Waals surface area contributed by atoms with Crippen LogP contribution >= 0.6 is 15.9 Å². The average molecular weight is 409 g/mol. The molecule has 0 spiro atoms. The number of fused-ring (bicyclic) bond motifs is 2. The zero-order valence-corrected chi connectivity index (χ0v) is 15.7. The molecule has 5 heterocycles. The fourth-order valence-corrected chi connectivity index (χ4v) is 4.08. The van der Waals surface area contributed by atoms with Gasteiger partial charge in [0.05, 0.1) is 11.2 Å². The monoisotopic (exact) mass is 408 g/mol. The molecule has 0 saturated carbocycles. The Kier molecular flexibility index (Phi) is 3.81. The third kappa shape index (κ3) is 2.63. The van der Waals surface area contributed by atoms with Gasteiger partial charge in [-0.3, -0.25) is 14.4 Å². The molecule has 0 aliphatic carbocycles. The van der Waals surface area contributed by atoms with E-state index >= 15 is 0 Å². The smallest absolute Gasteiger partial charge is 0.160 e. The lowest BCUT2D eigenvalue weighted by molar-refractivity contribution is 0.483. The van der Waals surface area contributed by atoms with Crippen LogP contribution in [-0.4, -0.2) is 37.7 Å². The summed E-state index contributed by atoms with van der Waals surface area (Å²) < 4.78 is 3.06. The van der Waals surface area contributed by atoms with Crippen molar-refractivity contribution in [3.05, 3.63) is 59.2 Å². The summed E-state index contributed by atoms with van der Waals surface area (Å²) in [6.45, 7) is 1.95. The Balaban J connectivity index is 1.41. The zero-order valence-electron chi connectivity index (χ0n) is 14.1. The lowest BCUT2D eigenvalue weighted by atomic mass is 9.95. The van der Waals surface area contributed by atoms with Gasteiger partial charge in [0.15, 0.2) is 5.65 Å². The summed E-state index contributed by atoms with van der Waals surface area (Å²) >= 11 is 3.47. The molecule has 0 aromatic carbocycles. The Bertz CT molecular complexity index is 1080. The number of halogens is 1. The summed E-state index contributed by atoms with van der Waals surface area (Å²) in [6.07, 6.45) is 7.85. The highest BCUT2D eigenvalue weighted by Gasteiger charge is 2.25. The van der Waals surface area contributed by atoms with Gasteiger partial charge in [-0.05, 0) is 53.0 Å². The van der Waals surface area contributed by atoms with E-state index in [2.05, 4.69) is 57.7 Å². The quantitative estimate of drug-likeness (QED) is 0.504. The molecule has 1 fully saturated rings. The van der Waals surface area contributed by atoms with E-state index in [-0.39, 0.29) is 0 Å². The molecule has 130 valence electrons. The number of piperidine rings is 1. The summed E-state index contributed by atoms with van der Waals surface area (Å²) in [5.74, 6) is 1.50. The summed E-state index contributed by atoms with van der Waals surface area (Å²) in [6, 6.07) is 10.1. The highest BCUT2D eigenvalue weighted by molar-refractivity contribution is 9.10. The van der Waals surface area contributed by atoms with Crippen LogP contribution in [-0.2, 0) is 0 Å². The van der Waals surface area contributed by atoms with Gasteiger partial charge in [-0.2, -0.15) is 0 Å². The minimum atomic E-state index is 0.429. The number of aromatic nitrogens is 5. The summed E-state index contributed by atoms with van der Waals surface area (Å²) in [5, 5.41) is 8.74. The first kappa shape index (κ1) is 15.7. The molecule has 0 radical (unpaired) electrons. The van der Waals surface area contributed by atoms with Crippen LogP contribution in [0.3, 0.4) is 0 Å². The van der Waals surface area contributed by atoms with Gasteiger partial charge >= 0.3 is 0 Å². The van der Waals surface area contributed by atoms with Gasteiger partial charge in [-0.25, -0.2) is 0 Å². The first-order valence-electron chi connectivity index (χ1n) is 8.74. The highest BCUT2D eigenvalue weighted by atomic mass is 79.9. The molecule has 5 rings (SSSR count). The standard InChI is InChI=1S/C19H17BrN6/c20-14-11-15-18(22-12-14)16(4-7-21-15)25-9-5-13(6-10-25)19-24-23-17-3-1-2-8-26(17)19/h1-4,7-8,11-13H,5-6,9-10H2. The molecule has 0 atom stereocenters. The van der Waals surface area contributed by atoms with Crippen molar-refractivity contribution < 1.29 is 0 Å². The van der Waals surface area contributed by atoms with Crippen molar-refractivity contribution in [2.75, 3.05) is 18.0 Å². The van der Waals surface area contributed by atoms with Crippen molar-refractivity contribution in [3.8, 4) is 0 Å². The minimum absolute atomic E-state index is 0.429. The van der Waals surface area contributed by atoms with E-state index in [9.17, 15) is 0 Å². The Hall–Kier alpha value is -2.54. The van der Waals surface area contributed by atoms with Crippen LogP contribution in [0.2, 0.25) is 0 Å². The highest BCUT2D eigenvalue weighted by Crippen LogP contribution is 2.32. The van der Waals surface area contributed by atoms with Crippen molar-refractivity contribution in [1.29, 1.82) is 0 Å². The SMILES string of the molecule is Brc1cnc2c(N3CCC(c4nnc5ccccn45)CC3)ccnc2c1. The van der Waals surface area contributed by atoms with Gasteiger partial charge < -0.3 is 4.90 Å². The van der Waals surface area contributed by atoms with E-state index in [1.807, 2.05) is 36.7 Å². The predicted octanol–water partition coefficient (Wildman–Crippen LogP) is 3.82. The van der Waals surface area contributed by atoms with Crippen LogP contribution in [0.4, 0.5) is 5.69 Å². The third-order valence-electron chi connectivity index (χ3n) is 5.06. The summed E-state index contributed by atoms with van der Waals surface area (Å²) in [4.78, 5) is 11.4. The van der Waals surface area contributed by atoms with E-state index in [4.69, 9.17) is 0 Å². The maximum Gasteiger partial charge on any atom is 0.160 e. The number of hydrogen-bond acceptors (Lipinski definition) is 5. The van der Waals surface area contributed by atoms with Crippen LogP contribution in [0.15, 0.2) is 53.4 Å². The molecule has 0 amide bonds. The van der Waals surface area contributed by atoms with Gasteiger partial charge in [0, 0.05) is 42.1 Å². The second-order valence-corrected chi connectivity index (χ2v) is 7.52. The molecule has 1 aliphatic heterocycles. The van der Waals surface area contributed by atoms with Crippen LogP contribution in [0, 0.1) is 0 Å². The normalized spacial score (nSPS) is 15.8. The van der Waals surface area contributed by atoms with Crippen LogP contribution in [0.25, 0.3) is 16.7 Å². The molecule has 4 aromatic rings. The molecular weight excluding hydrogens is 392 g/mol. The van der Waals surface area contributed by atoms with E-state index in [0.717, 1.165) is 58.6 Å². The Labute approximate surface area is 159 Å². The fraction of sp³-hybridized carbons (Fsp3) is 0.263. The van der Waals surface area contributed by atoms with Gasteiger partial charge in [0.25, 0.3) is 0 Å². The molecule has 4 aromatic heterocycles. The van der Waals surface area contributed by atoms with E-state index in [1.165, 1.54) is 0 Å². The van der Waals surface area contributed by atoms with Crippen molar-refractivity contribution in [2.45, 2.75) is 18.8 Å². The molecular formula is C19H17BrN6. The number of anilines is 1. The van der Waals surface area contributed by atoms with Crippen LogP contribution in [0.5, 0.6) is 0 Å². The fourth-order valence-electron chi connectivity index (χ4n) is 3.76. The largest absolute Gasteiger partial charge is 0.370 e. The zero-order chi connectivity index (χ0) is 17.5. The van der Waals surface area contributed by atoms with Crippen LogP contribution < -0.4 is 4.90 Å². The molecule has 1 saturated heterocycles. The first-order chi connectivity index (χ1) is 12.8. The Morgan fingerprint density at radius 3 is 2.81 bits per heavy atom. The molecule has 1 aliphatic rings. The van der Waals surface area contributed by atoms with Gasteiger partial charge in [-0.1, -0.05) is 6.07 Å². The second kappa shape index (κ2) is 6.32. The van der Waals surface area contributed by atoms with Crippen LogP contribution in [0.1, 0.15) is 24.6 Å². The molecule has 0 N–H and O–H groups in total. The molecule has 0 unspecified atom stereocenters. The molecule has 26 heavy (non-hydrogen) atoms. The predicted molar refractivity (Wildman–Crippen MR) is 104 cm³/mol. The minimum Gasteiger partial charge on any atom is -0.370 e. The van der Waals surface area contributed by atoms with Gasteiger partial charge in [-0.15, -0.1) is 10.2 Å². The van der Waals surface area contributed by atoms with E-state index < -0.39 is 0 Å². The number of rotatable bonds is 2.